The lowest BCUT2D eigenvalue weighted by Crippen LogP contribution is -2.66. The van der Waals surface area contributed by atoms with Crippen LogP contribution in [0, 0.1) is 19.8 Å². The first kappa shape index (κ1) is 18.7. The lowest BCUT2D eigenvalue weighted by Gasteiger charge is -2.47. The Balaban J connectivity index is 1.61. The normalized spacial score (nSPS) is 22.4. The van der Waals surface area contributed by atoms with Crippen LogP contribution in [0.4, 0.5) is 4.79 Å². The number of nitrogens with one attached hydrogen (secondary N) is 1. The SMILES string of the molecule is Cc1ccc(CN2C(=O)C3CCCNC3N(Cc3ccc(C)cc3)C2=O)cc1. The minimum Gasteiger partial charge on any atom is -0.304 e. The Bertz CT molecular complexity index is 860. The molecule has 2 unspecified atom stereocenters. The van der Waals surface area contributed by atoms with E-state index in [0.29, 0.717) is 13.1 Å². The first-order chi connectivity index (χ1) is 13.5. The van der Waals surface area contributed by atoms with Gasteiger partial charge in [0.25, 0.3) is 0 Å². The molecule has 2 aliphatic heterocycles. The molecule has 5 nitrogen and oxygen atoms in total. The van der Waals surface area contributed by atoms with Crippen LogP contribution in [-0.2, 0) is 17.9 Å². The topological polar surface area (TPSA) is 52.7 Å². The van der Waals surface area contributed by atoms with Gasteiger partial charge in [-0.3, -0.25) is 15.0 Å². The molecule has 2 heterocycles. The summed E-state index contributed by atoms with van der Waals surface area (Å²) in [6.07, 6.45) is 1.56. The zero-order chi connectivity index (χ0) is 19.7. The van der Waals surface area contributed by atoms with E-state index < -0.39 is 0 Å². The average Bonchev–Trinajstić information content (AvgIpc) is 2.71. The van der Waals surface area contributed by atoms with Crippen molar-refractivity contribution < 1.29 is 9.59 Å². The molecule has 2 aromatic carbocycles. The van der Waals surface area contributed by atoms with E-state index in [9.17, 15) is 9.59 Å². The van der Waals surface area contributed by atoms with E-state index in [2.05, 4.69) is 36.5 Å². The van der Waals surface area contributed by atoms with Crippen molar-refractivity contribution in [2.75, 3.05) is 6.54 Å². The molecule has 1 N–H and O–H groups in total. The molecule has 0 aliphatic carbocycles. The molecular formula is C23H27N3O2. The Morgan fingerprint density at radius 3 is 2.07 bits per heavy atom. The van der Waals surface area contributed by atoms with Crippen LogP contribution in [0.5, 0.6) is 0 Å². The molecular weight excluding hydrogens is 350 g/mol. The summed E-state index contributed by atoms with van der Waals surface area (Å²) >= 11 is 0. The molecule has 2 aliphatic rings. The van der Waals surface area contributed by atoms with Crippen LogP contribution in [0.25, 0.3) is 0 Å². The summed E-state index contributed by atoms with van der Waals surface area (Å²) in [5, 5.41) is 3.41. The lowest BCUT2D eigenvalue weighted by atomic mass is 9.91. The van der Waals surface area contributed by atoms with Gasteiger partial charge in [0, 0.05) is 6.54 Å². The number of carbonyl (C=O) groups is 2. The van der Waals surface area contributed by atoms with Crippen molar-refractivity contribution in [3.05, 3.63) is 70.8 Å². The summed E-state index contributed by atoms with van der Waals surface area (Å²) in [6.45, 7) is 5.75. The van der Waals surface area contributed by atoms with E-state index in [0.717, 1.165) is 36.1 Å². The van der Waals surface area contributed by atoms with Crippen molar-refractivity contribution in [3.8, 4) is 0 Å². The number of imide groups is 1. The minimum absolute atomic E-state index is 0.0528. The molecule has 3 amide bonds. The summed E-state index contributed by atoms with van der Waals surface area (Å²) in [5.74, 6) is -0.231. The quantitative estimate of drug-likeness (QED) is 0.886. The molecule has 0 saturated carbocycles. The van der Waals surface area contributed by atoms with Crippen LogP contribution < -0.4 is 5.32 Å². The van der Waals surface area contributed by atoms with Gasteiger partial charge in [0.05, 0.1) is 18.6 Å². The van der Waals surface area contributed by atoms with Gasteiger partial charge in [0.15, 0.2) is 0 Å². The van der Waals surface area contributed by atoms with Crippen LogP contribution in [0.2, 0.25) is 0 Å². The predicted octanol–water partition coefficient (Wildman–Crippen LogP) is 3.59. The highest BCUT2D eigenvalue weighted by Gasteiger charge is 2.46. The van der Waals surface area contributed by atoms with E-state index in [-0.39, 0.29) is 24.0 Å². The van der Waals surface area contributed by atoms with Gasteiger partial charge in [0.2, 0.25) is 5.91 Å². The number of aryl methyl sites for hydroxylation is 2. The molecule has 2 fully saturated rings. The zero-order valence-electron chi connectivity index (χ0n) is 16.5. The highest BCUT2D eigenvalue weighted by Crippen LogP contribution is 2.30. The van der Waals surface area contributed by atoms with Gasteiger partial charge in [-0.25, -0.2) is 4.79 Å². The molecule has 146 valence electrons. The molecule has 0 spiro atoms. The van der Waals surface area contributed by atoms with Crippen LogP contribution in [0.15, 0.2) is 48.5 Å². The standard InChI is InChI=1S/C23H27N3O2/c1-16-5-9-18(10-6-16)14-25-21-20(4-3-13-24-21)22(27)26(23(25)28)15-19-11-7-17(2)8-12-19/h5-12,20-21,24H,3-4,13-15H2,1-2H3. The third kappa shape index (κ3) is 3.67. The van der Waals surface area contributed by atoms with Gasteiger partial charge < -0.3 is 4.90 Å². The molecule has 5 heteroatoms. The fourth-order valence-electron chi connectivity index (χ4n) is 4.10. The summed E-state index contributed by atoms with van der Waals surface area (Å²) < 4.78 is 0. The number of fused-ring (bicyclic) bond motifs is 1. The third-order valence-corrected chi connectivity index (χ3v) is 5.76. The van der Waals surface area contributed by atoms with E-state index in [1.165, 1.54) is 10.5 Å². The van der Waals surface area contributed by atoms with E-state index in [1.54, 1.807) is 0 Å². The van der Waals surface area contributed by atoms with Gasteiger partial charge in [0.1, 0.15) is 0 Å². The van der Waals surface area contributed by atoms with Crippen LogP contribution in [0.3, 0.4) is 0 Å². The summed E-state index contributed by atoms with van der Waals surface area (Å²) in [7, 11) is 0. The smallest absolute Gasteiger partial charge is 0.304 e. The monoisotopic (exact) mass is 377 g/mol. The third-order valence-electron chi connectivity index (χ3n) is 5.76. The van der Waals surface area contributed by atoms with Crippen LogP contribution in [0.1, 0.15) is 35.1 Å². The fourth-order valence-corrected chi connectivity index (χ4v) is 4.10. The first-order valence-corrected chi connectivity index (χ1v) is 9.99. The van der Waals surface area contributed by atoms with Gasteiger partial charge in [-0.05, 0) is 44.4 Å². The molecule has 2 atom stereocenters. The second kappa shape index (κ2) is 7.76. The Hall–Kier alpha value is -2.66. The summed E-state index contributed by atoms with van der Waals surface area (Å²) in [6, 6.07) is 16.0. The second-order valence-electron chi connectivity index (χ2n) is 7.95. The summed E-state index contributed by atoms with van der Waals surface area (Å²) in [4.78, 5) is 29.7. The number of nitrogens with zero attached hydrogens (tertiary/aromatic N) is 2. The fraction of sp³-hybridized carbons (Fsp3) is 0.391. The average molecular weight is 377 g/mol. The van der Waals surface area contributed by atoms with Gasteiger partial charge >= 0.3 is 6.03 Å². The minimum atomic E-state index is -0.218. The maximum Gasteiger partial charge on any atom is 0.328 e. The number of benzene rings is 2. The lowest BCUT2D eigenvalue weighted by molar-refractivity contribution is -0.142. The number of amides is 3. The first-order valence-electron chi connectivity index (χ1n) is 9.99. The maximum atomic E-state index is 13.3. The van der Waals surface area contributed by atoms with Gasteiger partial charge in [-0.15, -0.1) is 0 Å². The van der Waals surface area contributed by atoms with E-state index >= 15 is 0 Å². The van der Waals surface area contributed by atoms with Crippen molar-refractivity contribution in [3.63, 3.8) is 0 Å². The number of hydrogen-bond acceptors (Lipinski definition) is 3. The Morgan fingerprint density at radius 2 is 1.46 bits per heavy atom. The largest absolute Gasteiger partial charge is 0.328 e. The van der Waals surface area contributed by atoms with Crippen molar-refractivity contribution >= 4 is 11.9 Å². The maximum absolute atomic E-state index is 13.3. The second-order valence-corrected chi connectivity index (χ2v) is 7.95. The Labute approximate surface area is 166 Å². The zero-order valence-corrected chi connectivity index (χ0v) is 16.5. The molecule has 2 saturated heterocycles. The van der Waals surface area contributed by atoms with Crippen molar-refractivity contribution in [1.29, 1.82) is 0 Å². The van der Waals surface area contributed by atoms with Crippen LogP contribution >= 0.6 is 0 Å². The number of urea groups is 1. The van der Waals surface area contributed by atoms with E-state index in [1.807, 2.05) is 36.1 Å². The molecule has 28 heavy (non-hydrogen) atoms. The molecule has 0 aromatic heterocycles. The van der Waals surface area contributed by atoms with Gasteiger partial charge in [-0.1, -0.05) is 59.7 Å². The molecule has 0 bridgehead atoms. The van der Waals surface area contributed by atoms with Crippen LogP contribution in [-0.4, -0.2) is 34.4 Å². The van der Waals surface area contributed by atoms with Crippen molar-refractivity contribution in [1.82, 2.24) is 15.1 Å². The number of piperidine rings is 1. The number of rotatable bonds is 4. The molecule has 4 rings (SSSR count). The van der Waals surface area contributed by atoms with E-state index in [4.69, 9.17) is 0 Å². The number of carbonyl (C=O) groups excluding carboxylic acids is 2. The van der Waals surface area contributed by atoms with Crippen molar-refractivity contribution in [2.24, 2.45) is 5.92 Å². The number of hydrogen-bond donors (Lipinski definition) is 1. The highest BCUT2D eigenvalue weighted by molar-refractivity contribution is 5.98. The van der Waals surface area contributed by atoms with Crippen molar-refractivity contribution in [2.45, 2.75) is 45.9 Å². The van der Waals surface area contributed by atoms with Gasteiger partial charge in [-0.2, -0.15) is 0 Å². The Kier molecular flexibility index (Phi) is 5.18. The highest BCUT2D eigenvalue weighted by atomic mass is 16.2. The predicted molar refractivity (Wildman–Crippen MR) is 108 cm³/mol. The molecule has 2 aromatic rings. The summed E-state index contributed by atoms with van der Waals surface area (Å²) in [5.41, 5.74) is 4.41. The molecule has 0 radical (unpaired) electrons. The Morgan fingerprint density at radius 1 is 0.893 bits per heavy atom.